The van der Waals surface area contributed by atoms with Crippen molar-refractivity contribution in [2.45, 2.75) is 36.8 Å². The number of aromatic nitrogens is 2. The highest BCUT2D eigenvalue weighted by atomic mass is 31.2. The number of ether oxygens (including phenoxy) is 1. The van der Waals surface area contributed by atoms with E-state index in [4.69, 9.17) is 13.8 Å². The number of rotatable bonds is 8. The van der Waals surface area contributed by atoms with Gasteiger partial charge in [-0.25, -0.2) is 9.36 Å². The van der Waals surface area contributed by atoms with Gasteiger partial charge in [0, 0.05) is 25.9 Å². The van der Waals surface area contributed by atoms with Crippen LogP contribution in [-0.2, 0) is 18.6 Å². The van der Waals surface area contributed by atoms with Crippen molar-refractivity contribution in [2.75, 3.05) is 20.2 Å². The lowest BCUT2D eigenvalue weighted by Gasteiger charge is -2.24. The predicted octanol–water partition coefficient (Wildman–Crippen LogP) is 0.454. The van der Waals surface area contributed by atoms with Crippen LogP contribution in [0.1, 0.15) is 12.6 Å². The minimum atomic E-state index is -4.33. The molecule has 0 spiro atoms. The largest absolute Gasteiger partial charge is 0.459 e. The zero-order chi connectivity index (χ0) is 25.4. The number of aromatic amines is 1. The average molecular weight is 516 g/mol. The molecule has 2 saturated heterocycles. The third-order valence-electron chi connectivity index (χ3n) is 5.60. The summed E-state index contributed by atoms with van der Waals surface area (Å²) in [6.07, 6.45) is -5.33. The molecular weight excluding hydrogens is 493 g/mol. The Balaban J connectivity index is 1.53. The Bertz CT molecular complexity index is 1240. The number of para-hydroxylation sites is 1. The van der Waals surface area contributed by atoms with E-state index in [0.29, 0.717) is 17.5 Å². The van der Waals surface area contributed by atoms with Crippen LogP contribution >= 0.6 is 7.75 Å². The first-order chi connectivity index (χ1) is 16.5. The maximum Gasteiger partial charge on any atom is 0.459 e. The van der Waals surface area contributed by atoms with E-state index in [1.807, 2.05) is 4.98 Å². The molecule has 0 bridgehead atoms. The summed E-state index contributed by atoms with van der Waals surface area (Å²) in [5.74, 6) is -4.19. The van der Waals surface area contributed by atoms with Gasteiger partial charge in [0.2, 0.25) is 12.1 Å². The first-order valence-electron chi connectivity index (χ1n) is 10.5. The number of halogens is 2. The molecule has 0 saturated carbocycles. The van der Waals surface area contributed by atoms with Gasteiger partial charge in [-0.15, -0.1) is 0 Å². The van der Waals surface area contributed by atoms with E-state index in [1.165, 1.54) is 17.0 Å². The second-order valence-corrected chi connectivity index (χ2v) is 9.79. The molecule has 190 valence electrons. The van der Waals surface area contributed by atoms with Crippen LogP contribution in [0.25, 0.3) is 0 Å². The molecule has 5 atom stereocenters. The molecule has 1 aromatic heterocycles. The molecular formula is C20H23F2N4O8P. The van der Waals surface area contributed by atoms with Crippen molar-refractivity contribution in [1.82, 2.24) is 19.5 Å². The Morgan fingerprint density at radius 1 is 1.26 bits per heavy atom. The number of hydrogen-bond acceptors (Lipinski definition) is 8. The Labute approximate surface area is 197 Å². The number of carbonyl (C=O) groups is 1. The van der Waals surface area contributed by atoms with Crippen LogP contribution in [0.5, 0.6) is 5.75 Å². The highest BCUT2D eigenvalue weighted by molar-refractivity contribution is 7.52. The van der Waals surface area contributed by atoms with Crippen LogP contribution in [0.15, 0.2) is 52.2 Å². The second kappa shape index (κ2) is 9.63. The number of H-pyrrole nitrogens is 1. The summed E-state index contributed by atoms with van der Waals surface area (Å²) >= 11 is 0. The number of amides is 1. The van der Waals surface area contributed by atoms with Crippen molar-refractivity contribution < 1.29 is 37.0 Å². The molecule has 2 fully saturated rings. The highest BCUT2D eigenvalue weighted by Crippen LogP contribution is 2.48. The SMILES string of the molecule is CN1CCC(NP(=O)(OCC2OC(n3ccc(=O)[nH]c3=O)C(F)(F)[C@@H]2O)Oc2ccccc2)C1=O. The maximum absolute atomic E-state index is 14.8. The van der Waals surface area contributed by atoms with Crippen LogP contribution in [0.3, 0.4) is 0 Å². The molecule has 0 aliphatic carbocycles. The quantitative estimate of drug-likeness (QED) is 0.425. The summed E-state index contributed by atoms with van der Waals surface area (Å²) in [6, 6.07) is 7.79. The average Bonchev–Trinajstić information content (AvgIpc) is 3.23. The zero-order valence-electron chi connectivity index (χ0n) is 18.4. The molecule has 2 aliphatic rings. The smallest absolute Gasteiger partial charge is 0.413 e. The first kappa shape index (κ1) is 25.2. The molecule has 3 heterocycles. The Morgan fingerprint density at radius 3 is 2.60 bits per heavy atom. The molecule has 12 nitrogen and oxygen atoms in total. The number of alkyl halides is 2. The van der Waals surface area contributed by atoms with Gasteiger partial charge in [-0.1, -0.05) is 18.2 Å². The lowest BCUT2D eigenvalue weighted by Crippen LogP contribution is -2.43. The van der Waals surface area contributed by atoms with Gasteiger partial charge in [0.1, 0.15) is 11.9 Å². The fourth-order valence-electron chi connectivity index (χ4n) is 3.73. The number of benzene rings is 1. The number of aliphatic hydroxyl groups is 1. The number of likely N-dealkylation sites (N-methyl/N-ethyl adjacent to an activating group) is 1. The lowest BCUT2D eigenvalue weighted by atomic mass is 10.1. The standard InChI is InChI=1S/C20H23F2N4O8P/c1-25-9-7-13(17(25)29)24-35(31,34-12-5-3-2-4-6-12)32-11-14-16(28)20(21,22)18(33-14)26-10-8-15(27)23-19(26)30/h2-6,8,10,13-14,16,18,28H,7,9,11H2,1H3,(H,24,31)(H,23,27,30)/t13?,14?,16-,18?,35?/m1/s1. The number of nitrogens with zero attached hydrogens (tertiary/aromatic N) is 2. The summed E-state index contributed by atoms with van der Waals surface area (Å²) in [5.41, 5.74) is -1.97. The second-order valence-electron chi connectivity index (χ2n) is 8.09. The molecule has 1 amide bonds. The number of nitrogens with one attached hydrogen (secondary N) is 2. The van der Waals surface area contributed by atoms with Crippen LogP contribution in [0, 0.1) is 0 Å². The third-order valence-corrected chi connectivity index (χ3v) is 7.17. The molecule has 2 aliphatic heterocycles. The van der Waals surface area contributed by atoms with E-state index in [-0.39, 0.29) is 11.7 Å². The molecule has 0 radical (unpaired) electrons. The molecule has 35 heavy (non-hydrogen) atoms. The van der Waals surface area contributed by atoms with Crippen molar-refractivity contribution >= 4 is 13.7 Å². The van der Waals surface area contributed by atoms with Crippen LogP contribution in [-0.4, -0.2) is 69.8 Å². The van der Waals surface area contributed by atoms with Crippen LogP contribution in [0.4, 0.5) is 8.78 Å². The van der Waals surface area contributed by atoms with Crippen molar-refractivity contribution in [3.8, 4) is 5.75 Å². The number of likely N-dealkylation sites (tertiary alicyclic amines) is 1. The Kier molecular flexibility index (Phi) is 6.93. The summed E-state index contributed by atoms with van der Waals surface area (Å²) < 4.78 is 59.5. The van der Waals surface area contributed by atoms with Gasteiger partial charge >= 0.3 is 19.4 Å². The van der Waals surface area contributed by atoms with Crippen LogP contribution in [0.2, 0.25) is 0 Å². The van der Waals surface area contributed by atoms with E-state index < -0.39 is 56.0 Å². The normalized spacial score (nSPS) is 27.7. The lowest BCUT2D eigenvalue weighted by molar-refractivity contribution is -0.141. The topological polar surface area (TPSA) is 152 Å². The van der Waals surface area contributed by atoms with Gasteiger partial charge < -0.3 is 19.3 Å². The number of hydrogen-bond donors (Lipinski definition) is 3. The number of aliphatic hydroxyl groups excluding tert-OH is 1. The summed E-state index contributed by atoms with van der Waals surface area (Å²) in [7, 11) is -2.77. The predicted molar refractivity (Wildman–Crippen MR) is 116 cm³/mol. The van der Waals surface area contributed by atoms with Gasteiger partial charge in [-0.3, -0.25) is 23.7 Å². The summed E-state index contributed by atoms with van der Waals surface area (Å²) in [5, 5.41) is 12.7. The van der Waals surface area contributed by atoms with E-state index in [2.05, 4.69) is 5.09 Å². The fourth-order valence-corrected chi connectivity index (χ4v) is 5.28. The van der Waals surface area contributed by atoms with Crippen molar-refractivity contribution in [1.29, 1.82) is 0 Å². The summed E-state index contributed by atoms with van der Waals surface area (Å²) in [4.78, 5) is 38.8. The van der Waals surface area contributed by atoms with Gasteiger partial charge in [-0.05, 0) is 18.6 Å². The van der Waals surface area contributed by atoms with E-state index in [0.717, 1.165) is 12.3 Å². The van der Waals surface area contributed by atoms with Crippen molar-refractivity contribution in [3.05, 3.63) is 63.4 Å². The van der Waals surface area contributed by atoms with Crippen molar-refractivity contribution in [3.63, 3.8) is 0 Å². The number of carbonyl (C=O) groups excluding carboxylic acids is 1. The van der Waals surface area contributed by atoms with Gasteiger partial charge in [0.25, 0.3) is 5.56 Å². The van der Waals surface area contributed by atoms with Gasteiger partial charge in [-0.2, -0.15) is 13.9 Å². The fraction of sp³-hybridized carbons (Fsp3) is 0.450. The van der Waals surface area contributed by atoms with E-state index >= 15 is 0 Å². The third kappa shape index (κ3) is 5.21. The van der Waals surface area contributed by atoms with E-state index in [1.54, 1.807) is 25.2 Å². The molecule has 15 heteroatoms. The Morgan fingerprint density at radius 2 is 1.97 bits per heavy atom. The highest BCUT2D eigenvalue weighted by Gasteiger charge is 2.60. The zero-order valence-corrected chi connectivity index (χ0v) is 19.3. The molecule has 1 aromatic carbocycles. The van der Waals surface area contributed by atoms with Crippen LogP contribution < -0.4 is 20.9 Å². The molecule has 2 aromatic rings. The maximum atomic E-state index is 14.8. The molecule has 4 unspecified atom stereocenters. The summed E-state index contributed by atoms with van der Waals surface area (Å²) in [6.45, 7) is -0.437. The minimum Gasteiger partial charge on any atom is -0.413 e. The molecule has 3 N–H and O–H groups in total. The van der Waals surface area contributed by atoms with Crippen molar-refractivity contribution in [2.24, 2.45) is 0 Å². The Hall–Kier alpha value is -2.90. The minimum absolute atomic E-state index is 0.123. The van der Waals surface area contributed by atoms with Gasteiger partial charge in [0.15, 0.2) is 6.10 Å². The molecule has 4 rings (SSSR count). The van der Waals surface area contributed by atoms with Gasteiger partial charge in [0.05, 0.1) is 12.6 Å². The first-order valence-corrected chi connectivity index (χ1v) is 12.1. The van der Waals surface area contributed by atoms with E-state index in [9.17, 15) is 32.8 Å². The monoisotopic (exact) mass is 516 g/mol.